The Morgan fingerprint density at radius 3 is 2.23 bits per heavy atom. The fraction of sp³-hybridized carbons (Fsp3) is 0.0556. The summed E-state index contributed by atoms with van der Waals surface area (Å²) in [7, 11) is 0. The summed E-state index contributed by atoms with van der Waals surface area (Å²) in [6.07, 6.45) is 2.55. The second kappa shape index (κ2) is 7.64. The summed E-state index contributed by atoms with van der Waals surface area (Å²) in [6, 6.07) is 8.80. The van der Waals surface area contributed by atoms with Crippen molar-refractivity contribution in [3.05, 3.63) is 83.4 Å². The summed E-state index contributed by atoms with van der Waals surface area (Å²) < 4.78 is 39.3. The molecule has 0 bridgehead atoms. The maximum Gasteiger partial charge on any atom is 0.254 e. The molecule has 3 rings (SSSR count). The molecular weight excluding hydrogens is 345 g/mol. The molecule has 3 aromatic rings. The van der Waals surface area contributed by atoms with E-state index in [1.54, 1.807) is 12.1 Å². The van der Waals surface area contributed by atoms with Crippen molar-refractivity contribution in [2.45, 2.75) is 6.54 Å². The zero-order valence-electron chi connectivity index (χ0n) is 13.3. The van der Waals surface area contributed by atoms with E-state index in [4.69, 9.17) is 0 Å². The second-order valence-electron chi connectivity index (χ2n) is 5.35. The van der Waals surface area contributed by atoms with Crippen LogP contribution in [0.4, 0.5) is 24.8 Å². The second-order valence-corrected chi connectivity index (χ2v) is 5.35. The van der Waals surface area contributed by atoms with Crippen LogP contribution in [0.1, 0.15) is 15.9 Å². The molecule has 2 aromatic carbocycles. The highest BCUT2D eigenvalue weighted by Crippen LogP contribution is 2.18. The molecule has 0 aliphatic carbocycles. The predicted molar refractivity (Wildman–Crippen MR) is 89.2 cm³/mol. The number of benzene rings is 2. The van der Waals surface area contributed by atoms with Crippen LogP contribution in [-0.2, 0) is 6.54 Å². The van der Waals surface area contributed by atoms with Crippen molar-refractivity contribution in [3.8, 4) is 0 Å². The van der Waals surface area contributed by atoms with Crippen LogP contribution in [0.2, 0.25) is 0 Å². The molecule has 5 nitrogen and oxygen atoms in total. The minimum atomic E-state index is -0.783. The molecule has 0 saturated carbocycles. The van der Waals surface area contributed by atoms with Gasteiger partial charge in [0, 0.05) is 25.0 Å². The van der Waals surface area contributed by atoms with Crippen molar-refractivity contribution in [3.63, 3.8) is 0 Å². The van der Waals surface area contributed by atoms with Gasteiger partial charge in [0.05, 0.1) is 11.3 Å². The Bertz CT molecular complexity index is 915. The number of amides is 1. The van der Waals surface area contributed by atoms with Gasteiger partial charge in [-0.15, -0.1) is 0 Å². The number of carbonyl (C=O) groups excluding carboxylic acids is 1. The molecule has 132 valence electrons. The first kappa shape index (κ1) is 17.4. The van der Waals surface area contributed by atoms with Gasteiger partial charge in [-0.2, -0.15) is 0 Å². The number of nitrogens with one attached hydrogen (secondary N) is 2. The Morgan fingerprint density at radius 1 is 0.923 bits per heavy atom. The fourth-order valence-electron chi connectivity index (χ4n) is 2.11. The van der Waals surface area contributed by atoms with Crippen LogP contribution in [-0.4, -0.2) is 15.9 Å². The Hall–Kier alpha value is -3.42. The fourth-order valence-corrected chi connectivity index (χ4v) is 2.11. The number of rotatable bonds is 5. The smallest absolute Gasteiger partial charge is 0.254 e. The topological polar surface area (TPSA) is 66.9 Å². The minimum absolute atomic E-state index is 0.0138. The van der Waals surface area contributed by atoms with Crippen LogP contribution in [0.5, 0.6) is 0 Å². The third kappa shape index (κ3) is 4.35. The molecule has 0 saturated heterocycles. The Labute approximate surface area is 146 Å². The first-order valence-corrected chi connectivity index (χ1v) is 7.58. The van der Waals surface area contributed by atoms with Crippen LogP contribution in [0.25, 0.3) is 0 Å². The lowest BCUT2D eigenvalue weighted by Gasteiger charge is -2.07. The van der Waals surface area contributed by atoms with Gasteiger partial charge in [-0.05, 0) is 29.8 Å². The van der Waals surface area contributed by atoms with Gasteiger partial charge in [-0.25, -0.2) is 23.1 Å². The standard InChI is InChI=1S/C18H13F3N4O/c19-13-3-1-11(2-4-13)8-22-17(26)12-9-23-18(24-10-12)25-16-6-5-14(20)7-15(16)21/h1-7,9-10H,8H2,(H,22,26)(H,23,24,25). The van der Waals surface area contributed by atoms with Crippen molar-refractivity contribution in [1.29, 1.82) is 0 Å². The summed E-state index contributed by atoms with van der Waals surface area (Å²) in [6.45, 7) is 0.222. The van der Waals surface area contributed by atoms with Gasteiger partial charge in [0.1, 0.15) is 17.5 Å². The van der Waals surface area contributed by atoms with E-state index in [0.717, 1.165) is 17.7 Å². The largest absolute Gasteiger partial charge is 0.348 e. The highest BCUT2D eigenvalue weighted by atomic mass is 19.1. The van der Waals surface area contributed by atoms with E-state index >= 15 is 0 Å². The Morgan fingerprint density at radius 2 is 1.58 bits per heavy atom. The zero-order chi connectivity index (χ0) is 18.5. The molecule has 8 heteroatoms. The van der Waals surface area contributed by atoms with Gasteiger partial charge in [0.15, 0.2) is 0 Å². The molecule has 26 heavy (non-hydrogen) atoms. The average molecular weight is 358 g/mol. The number of nitrogens with zero attached hydrogens (tertiary/aromatic N) is 2. The van der Waals surface area contributed by atoms with E-state index < -0.39 is 17.5 Å². The van der Waals surface area contributed by atoms with Gasteiger partial charge in [0.25, 0.3) is 5.91 Å². The molecule has 2 N–H and O–H groups in total. The maximum atomic E-state index is 13.6. The van der Waals surface area contributed by atoms with Gasteiger partial charge in [0.2, 0.25) is 5.95 Å². The Balaban J connectivity index is 1.61. The normalized spacial score (nSPS) is 10.4. The molecular formula is C18H13F3N4O. The lowest BCUT2D eigenvalue weighted by atomic mass is 10.2. The van der Waals surface area contributed by atoms with Crippen molar-refractivity contribution >= 4 is 17.5 Å². The van der Waals surface area contributed by atoms with Crippen LogP contribution in [0.3, 0.4) is 0 Å². The third-order valence-electron chi connectivity index (χ3n) is 3.46. The molecule has 0 unspecified atom stereocenters. The van der Waals surface area contributed by atoms with E-state index in [9.17, 15) is 18.0 Å². The first-order chi connectivity index (χ1) is 12.5. The number of anilines is 2. The lowest BCUT2D eigenvalue weighted by molar-refractivity contribution is 0.0950. The Kier molecular flexibility index (Phi) is 5.12. The van der Waals surface area contributed by atoms with E-state index in [2.05, 4.69) is 20.6 Å². The maximum absolute atomic E-state index is 13.6. The highest BCUT2D eigenvalue weighted by molar-refractivity contribution is 5.93. The summed E-state index contributed by atoms with van der Waals surface area (Å²) in [5, 5.41) is 5.25. The van der Waals surface area contributed by atoms with Crippen molar-refractivity contribution in [2.24, 2.45) is 0 Å². The van der Waals surface area contributed by atoms with E-state index in [1.807, 2.05) is 0 Å². The van der Waals surface area contributed by atoms with Crippen LogP contribution in [0.15, 0.2) is 54.9 Å². The molecule has 0 aliphatic heterocycles. The van der Waals surface area contributed by atoms with Crippen molar-refractivity contribution in [1.82, 2.24) is 15.3 Å². The minimum Gasteiger partial charge on any atom is -0.348 e. The van der Waals surface area contributed by atoms with Crippen molar-refractivity contribution < 1.29 is 18.0 Å². The van der Waals surface area contributed by atoms with E-state index in [0.29, 0.717) is 0 Å². The van der Waals surface area contributed by atoms with E-state index in [1.165, 1.54) is 30.6 Å². The summed E-state index contributed by atoms with van der Waals surface area (Å²) in [5.41, 5.74) is 0.961. The SMILES string of the molecule is O=C(NCc1ccc(F)cc1)c1cnc(Nc2ccc(F)cc2F)nc1. The quantitative estimate of drug-likeness (QED) is 0.732. The molecule has 1 heterocycles. The van der Waals surface area contributed by atoms with Gasteiger partial charge >= 0.3 is 0 Å². The summed E-state index contributed by atoms with van der Waals surface area (Å²) in [5.74, 6) is -2.18. The molecule has 0 fully saturated rings. The number of halogens is 3. The molecule has 0 spiro atoms. The molecule has 0 radical (unpaired) electrons. The molecule has 1 amide bonds. The van der Waals surface area contributed by atoms with Gasteiger partial charge < -0.3 is 10.6 Å². The third-order valence-corrected chi connectivity index (χ3v) is 3.46. The number of aromatic nitrogens is 2. The van der Waals surface area contributed by atoms with Gasteiger partial charge in [-0.3, -0.25) is 4.79 Å². The van der Waals surface area contributed by atoms with Crippen molar-refractivity contribution in [2.75, 3.05) is 5.32 Å². The van der Waals surface area contributed by atoms with Crippen LogP contribution in [0, 0.1) is 17.5 Å². The zero-order valence-corrected chi connectivity index (χ0v) is 13.3. The number of carbonyl (C=O) groups is 1. The van der Waals surface area contributed by atoms with Gasteiger partial charge in [-0.1, -0.05) is 12.1 Å². The monoisotopic (exact) mass is 358 g/mol. The predicted octanol–water partition coefficient (Wildman–Crippen LogP) is 3.57. The van der Waals surface area contributed by atoms with Crippen LogP contribution >= 0.6 is 0 Å². The molecule has 0 aliphatic rings. The average Bonchev–Trinajstić information content (AvgIpc) is 2.64. The van der Waals surface area contributed by atoms with Crippen LogP contribution < -0.4 is 10.6 Å². The molecule has 0 atom stereocenters. The first-order valence-electron chi connectivity index (χ1n) is 7.58. The highest BCUT2D eigenvalue weighted by Gasteiger charge is 2.09. The van der Waals surface area contributed by atoms with E-state index in [-0.39, 0.29) is 29.6 Å². The summed E-state index contributed by atoms with van der Waals surface area (Å²) >= 11 is 0. The summed E-state index contributed by atoms with van der Waals surface area (Å²) in [4.78, 5) is 19.9. The molecule has 1 aromatic heterocycles. The number of hydrogen-bond acceptors (Lipinski definition) is 4. The number of hydrogen-bond donors (Lipinski definition) is 2. The lowest BCUT2D eigenvalue weighted by Crippen LogP contribution is -2.23.